The van der Waals surface area contributed by atoms with Gasteiger partial charge in [-0.15, -0.1) is 0 Å². The Bertz CT molecular complexity index is 98.7. The summed E-state index contributed by atoms with van der Waals surface area (Å²) in [4.78, 5) is 2.52. The third-order valence-electron chi connectivity index (χ3n) is 2.74. The highest BCUT2D eigenvalue weighted by molar-refractivity contribution is 4.92. The van der Waals surface area contributed by atoms with Crippen LogP contribution in [-0.2, 0) is 0 Å². The van der Waals surface area contributed by atoms with Crippen LogP contribution in [0.25, 0.3) is 0 Å². The van der Waals surface area contributed by atoms with Crippen molar-refractivity contribution >= 4 is 0 Å². The van der Waals surface area contributed by atoms with E-state index in [1.165, 1.54) is 25.9 Å². The molecule has 2 nitrogen and oxygen atoms in total. The van der Waals surface area contributed by atoms with E-state index in [4.69, 9.17) is 0 Å². The number of nitrogens with zero attached hydrogens (tertiary/aromatic N) is 1. The third kappa shape index (κ3) is 3.28. The Morgan fingerprint density at radius 3 is 1.62 bits per heavy atom. The summed E-state index contributed by atoms with van der Waals surface area (Å²) >= 11 is 0. The number of fused-ring (bicyclic) bond motifs is 2. The second-order valence-electron chi connectivity index (χ2n) is 3.21. The molecule has 2 saturated heterocycles. The van der Waals surface area contributed by atoms with E-state index in [-0.39, 0.29) is 0 Å². The molecule has 0 aliphatic carbocycles. The smallest absolute Gasteiger partial charge is 0.0221 e. The molecule has 13 heavy (non-hydrogen) atoms. The average Bonchev–Trinajstić information content (AvgIpc) is 2.48. The van der Waals surface area contributed by atoms with Crippen LogP contribution in [0.15, 0.2) is 0 Å². The van der Waals surface area contributed by atoms with E-state index in [9.17, 15) is 0 Å². The minimum Gasteiger partial charge on any atom is -0.314 e. The molecule has 2 unspecified atom stereocenters. The van der Waals surface area contributed by atoms with Gasteiger partial charge in [-0.05, 0) is 19.9 Å². The normalized spacial score (nSPS) is 31.2. The van der Waals surface area contributed by atoms with Gasteiger partial charge in [-0.25, -0.2) is 0 Å². The molecule has 1 N–H and O–H groups in total. The van der Waals surface area contributed by atoms with Gasteiger partial charge in [-0.1, -0.05) is 27.7 Å². The van der Waals surface area contributed by atoms with Crippen LogP contribution >= 0.6 is 0 Å². The fourth-order valence-corrected chi connectivity index (χ4v) is 2.00. The van der Waals surface area contributed by atoms with Gasteiger partial charge in [0.2, 0.25) is 0 Å². The first kappa shape index (κ1) is 12.9. The van der Waals surface area contributed by atoms with E-state index in [0.717, 1.165) is 12.1 Å². The van der Waals surface area contributed by atoms with Gasteiger partial charge in [-0.3, -0.25) is 4.90 Å². The van der Waals surface area contributed by atoms with Gasteiger partial charge < -0.3 is 5.32 Å². The third-order valence-corrected chi connectivity index (χ3v) is 2.74. The molecule has 0 saturated carbocycles. The Morgan fingerprint density at radius 1 is 0.923 bits per heavy atom. The second kappa shape index (κ2) is 7.34. The fourth-order valence-electron chi connectivity index (χ4n) is 2.00. The SMILES string of the molecule is CC.CC.CN1C2CCC1CNC2. The fraction of sp³-hybridized carbons (Fsp3) is 1.00. The summed E-state index contributed by atoms with van der Waals surface area (Å²) in [5.74, 6) is 0. The molecular weight excluding hydrogens is 160 g/mol. The number of likely N-dealkylation sites (N-methyl/N-ethyl adjacent to an activating group) is 1. The van der Waals surface area contributed by atoms with Crippen molar-refractivity contribution in [2.24, 2.45) is 0 Å². The van der Waals surface area contributed by atoms with E-state index < -0.39 is 0 Å². The van der Waals surface area contributed by atoms with Crippen molar-refractivity contribution in [3.05, 3.63) is 0 Å². The van der Waals surface area contributed by atoms with Crippen molar-refractivity contribution in [1.82, 2.24) is 10.2 Å². The van der Waals surface area contributed by atoms with Gasteiger partial charge in [0, 0.05) is 25.2 Å². The van der Waals surface area contributed by atoms with Crippen LogP contribution < -0.4 is 5.32 Å². The first-order valence-electron chi connectivity index (χ1n) is 5.80. The molecule has 0 spiro atoms. The zero-order valence-corrected chi connectivity index (χ0v) is 9.93. The van der Waals surface area contributed by atoms with Crippen molar-refractivity contribution in [1.29, 1.82) is 0 Å². The molecule has 2 heterocycles. The molecule has 0 aromatic rings. The molecule has 2 fully saturated rings. The zero-order chi connectivity index (χ0) is 10.3. The summed E-state index contributed by atoms with van der Waals surface area (Å²) in [5.41, 5.74) is 0. The molecule has 0 radical (unpaired) electrons. The minimum atomic E-state index is 0.851. The summed E-state index contributed by atoms with van der Waals surface area (Å²) in [6, 6.07) is 1.70. The Morgan fingerprint density at radius 2 is 1.31 bits per heavy atom. The molecule has 2 atom stereocenters. The molecule has 0 amide bonds. The van der Waals surface area contributed by atoms with Crippen LogP contribution in [0, 0.1) is 0 Å². The maximum absolute atomic E-state index is 3.44. The average molecular weight is 186 g/mol. The highest BCUT2D eigenvalue weighted by Gasteiger charge is 2.32. The lowest BCUT2D eigenvalue weighted by atomic mass is 10.2. The molecule has 2 aliphatic rings. The van der Waals surface area contributed by atoms with Crippen LogP contribution in [0.3, 0.4) is 0 Å². The van der Waals surface area contributed by atoms with Gasteiger partial charge in [-0.2, -0.15) is 0 Å². The van der Waals surface area contributed by atoms with Crippen molar-refractivity contribution in [3.63, 3.8) is 0 Å². The van der Waals surface area contributed by atoms with E-state index in [2.05, 4.69) is 17.3 Å². The monoisotopic (exact) mass is 186 g/mol. The lowest BCUT2D eigenvalue weighted by Gasteiger charge is -2.31. The summed E-state index contributed by atoms with van der Waals surface area (Å²) < 4.78 is 0. The lowest BCUT2D eigenvalue weighted by Crippen LogP contribution is -2.49. The molecule has 2 rings (SSSR count). The van der Waals surface area contributed by atoms with Crippen LogP contribution in [0.1, 0.15) is 40.5 Å². The maximum Gasteiger partial charge on any atom is 0.0221 e. The van der Waals surface area contributed by atoms with Crippen LogP contribution in [0.4, 0.5) is 0 Å². The Balaban J connectivity index is 0.000000322. The Kier molecular flexibility index (Phi) is 7.29. The Hall–Kier alpha value is -0.0800. The van der Waals surface area contributed by atoms with Crippen LogP contribution in [0.5, 0.6) is 0 Å². The largest absolute Gasteiger partial charge is 0.314 e. The summed E-state index contributed by atoms with van der Waals surface area (Å²) in [7, 11) is 2.25. The first-order chi connectivity index (χ1) is 6.38. The van der Waals surface area contributed by atoms with Gasteiger partial charge in [0.1, 0.15) is 0 Å². The van der Waals surface area contributed by atoms with Crippen molar-refractivity contribution in [3.8, 4) is 0 Å². The van der Waals surface area contributed by atoms with Gasteiger partial charge in [0.05, 0.1) is 0 Å². The quantitative estimate of drug-likeness (QED) is 0.623. The number of hydrogen-bond donors (Lipinski definition) is 1. The molecule has 2 aliphatic heterocycles. The number of piperazine rings is 1. The second-order valence-corrected chi connectivity index (χ2v) is 3.21. The van der Waals surface area contributed by atoms with Crippen LogP contribution in [-0.4, -0.2) is 37.1 Å². The summed E-state index contributed by atoms with van der Waals surface area (Å²) in [6.45, 7) is 10.4. The highest BCUT2D eigenvalue weighted by atomic mass is 15.2. The Labute approximate surface area is 83.7 Å². The predicted molar refractivity (Wildman–Crippen MR) is 60.1 cm³/mol. The molecule has 2 bridgehead atoms. The van der Waals surface area contributed by atoms with Crippen molar-refractivity contribution in [2.45, 2.75) is 52.6 Å². The van der Waals surface area contributed by atoms with E-state index in [1.807, 2.05) is 27.7 Å². The molecule has 80 valence electrons. The number of nitrogens with one attached hydrogen (secondary N) is 1. The van der Waals surface area contributed by atoms with Gasteiger partial charge >= 0.3 is 0 Å². The van der Waals surface area contributed by atoms with Crippen LogP contribution in [0.2, 0.25) is 0 Å². The number of rotatable bonds is 0. The lowest BCUT2D eigenvalue weighted by molar-refractivity contribution is 0.193. The van der Waals surface area contributed by atoms with E-state index in [1.54, 1.807) is 0 Å². The van der Waals surface area contributed by atoms with Crippen molar-refractivity contribution < 1.29 is 0 Å². The summed E-state index contributed by atoms with van der Waals surface area (Å²) in [6.07, 6.45) is 2.82. The molecular formula is C11H26N2. The molecule has 0 aromatic heterocycles. The standard InChI is InChI=1S/C7H14N2.2C2H6/c1-9-6-2-3-7(9)5-8-4-6;2*1-2/h6-8H,2-5H2,1H3;2*1-2H3. The first-order valence-corrected chi connectivity index (χ1v) is 5.80. The number of hydrogen-bond acceptors (Lipinski definition) is 2. The topological polar surface area (TPSA) is 15.3 Å². The molecule has 0 aromatic carbocycles. The van der Waals surface area contributed by atoms with Gasteiger partial charge in [0.15, 0.2) is 0 Å². The van der Waals surface area contributed by atoms with E-state index in [0.29, 0.717) is 0 Å². The van der Waals surface area contributed by atoms with Gasteiger partial charge in [0.25, 0.3) is 0 Å². The minimum absolute atomic E-state index is 0.851. The van der Waals surface area contributed by atoms with Crippen molar-refractivity contribution in [2.75, 3.05) is 20.1 Å². The summed E-state index contributed by atoms with van der Waals surface area (Å²) in [5, 5.41) is 3.44. The highest BCUT2D eigenvalue weighted by Crippen LogP contribution is 2.23. The van der Waals surface area contributed by atoms with E-state index >= 15 is 0 Å². The molecule has 2 heteroatoms. The predicted octanol–water partition coefficient (Wildman–Crippen LogP) is 2.10. The maximum atomic E-state index is 3.44. The zero-order valence-electron chi connectivity index (χ0n) is 9.93.